The Morgan fingerprint density at radius 2 is 2.17 bits per heavy atom. The van der Waals surface area contributed by atoms with E-state index in [2.05, 4.69) is 21.2 Å². The van der Waals surface area contributed by atoms with Gasteiger partial charge in [0.05, 0.1) is 10.4 Å². The van der Waals surface area contributed by atoms with Crippen molar-refractivity contribution in [1.29, 1.82) is 0 Å². The lowest BCUT2D eigenvalue weighted by atomic mass is 9.99. The number of carboxylic acids is 1. The number of halogens is 2. The molecule has 98 valence electrons. The number of aliphatic carboxylic acids is 1. The summed E-state index contributed by atoms with van der Waals surface area (Å²) in [6.45, 7) is 0.239. The van der Waals surface area contributed by atoms with Gasteiger partial charge in [-0.15, -0.1) is 0 Å². The molecule has 0 saturated carbocycles. The Labute approximate surface area is 110 Å². The van der Waals surface area contributed by atoms with Gasteiger partial charge in [-0.2, -0.15) is 0 Å². The highest BCUT2D eigenvalue weighted by molar-refractivity contribution is 9.10. The molecule has 1 heterocycles. The first-order valence-corrected chi connectivity index (χ1v) is 6.07. The van der Waals surface area contributed by atoms with Crippen LogP contribution in [0, 0.1) is 11.7 Å². The van der Waals surface area contributed by atoms with Crippen LogP contribution in [0.2, 0.25) is 0 Å². The lowest BCUT2D eigenvalue weighted by Crippen LogP contribution is -2.17. The van der Waals surface area contributed by atoms with E-state index in [1.165, 1.54) is 0 Å². The van der Waals surface area contributed by atoms with Gasteiger partial charge in [0.1, 0.15) is 5.82 Å². The molecule has 1 saturated heterocycles. The van der Waals surface area contributed by atoms with Crippen molar-refractivity contribution < 1.29 is 24.5 Å². The highest BCUT2D eigenvalue weighted by Gasteiger charge is 2.34. The van der Waals surface area contributed by atoms with Crippen molar-refractivity contribution in [2.75, 3.05) is 6.54 Å². The van der Waals surface area contributed by atoms with Gasteiger partial charge >= 0.3 is 5.97 Å². The second-order valence-electron chi connectivity index (χ2n) is 4.19. The smallest absolute Gasteiger partial charge is 0.307 e. The molecular weight excluding hydrogens is 309 g/mol. The van der Waals surface area contributed by atoms with E-state index in [4.69, 9.17) is 5.11 Å². The first kappa shape index (κ1) is 13.1. The fraction of sp³-hybridized carbons (Fsp3) is 0.364. The van der Waals surface area contributed by atoms with E-state index in [-0.39, 0.29) is 23.0 Å². The largest absolute Gasteiger partial charge is 0.504 e. The summed E-state index contributed by atoms with van der Waals surface area (Å²) in [6.07, 6.45) is 0.227. The minimum Gasteiger partial charge on any atom is -0.504 e. The summed E-state index contributed by atoms with van der Waals surface area (Å²) in [5, 5.41) is 30.9. The molecule has 0 bridgehead atoms. The zero-order valence-corrected chi connectivity index (χ0v) is 10.7. The maximum absolute atomic E-state index is 13.5. The predicted octanol–water partition coefficient (Wildman–Crippen LogP) is 1.73. The molecule has 2 unspecified atom stereocenters. The first-order valence-electron chi connectivity index (χ1n) is 5.27. The Kier molecular flexibility index (Phi) is 3.45. The fourth-order valence-electron chi connectivity index (χ4n) is 2.08. The number of carbonyl (C=O) groups is 1. The molecular formula is C11H11BrFNO4. The molecule has 0 spiro atoms. The molecule has 0 radical (unpaired) electrons. The van der Waals surface area contributed by atoms with Crippen LogP contribution in [0.3, 0.4) is 0 Å². The van der Waals surface area contributed by atoms with Gasteiger partial charge in [-0.3, -0.25) is 4.79 Å². The van der Waals surface area contributed by atoms with Crippen LogP contribution in [-0.2, 0) is 4.79 Å². The molecule has 18 heavy (non-hydrogen) atoms. The van der Waals surface area contributed by atoms with Crippen molar-refractivity contribution in [1.82, 2.24) is 5.32 Å². The van der Waals surface area contributed by atoms with Gasteiger partial charge in [0.2, 0.25) is 0 Å². The second-order valence-corrected chi connectivity index (χ2v) is 4.98. The zero-order valence-electron chi connectivity index (χ0n) is 9.15. The molecule has 0 aliphatic carbocycles. The third kappa shape index (κ3) is 2.15. The predicted molar refractivity (Wildman–Crippen MR) is 63.9 cm³/mol. The number of carboxylic acid groups (broad SMARTS) is 1. The average molecular weight is 320 g/mol. The van der Waals surface area contributed by atoms with Gasteiger partial charge in [-0.1, -0.05) is 0 Å². The monoisotopic (exact) mass is 319 g/mol. The highest BCUT2D eigenvalue weighted by Crippen LogP contribution is 2.43. The summed E-state index contributed by atoms with van der Waals surface area (Å²) in [5.41, 5.74) is 0.149. The number of nitrogens with one attached hydrogen (secondary N) is 1. The first-order chi connectivity index (χ1) is 8.41. The maximum Gasteiger partial charge on any atom is 0.307 e. The van der Waals surface area contributed by atoms with Crippen LogP contribution < -0.4 is 5.32 Å². The second kappa shape index (κ2) is 4.74. The van der Waals surface area contributed by atoms with Crippen molar-refractivity contribution in [3.05, 3.63) is 21.9 Å². The van der Waals surface area contributed by atoms with Crippen LogP contribution in [-0.4, -0.2) is 27.8 Å². The molecule has 1 aliphatic heterocycles. The molecule has 1 aromatic carbocycles. The molecule has 4 N–H and O–H groups in total. The maximum atomic E-state index is 13.5. The molecule has 5 nitrogen and oxygen atoms in total. The Morgan fingerprint density at radius 1 is 1.50 bits per heavy atom. The normalized spacial score (nSPS) is 23.2. The number of benzene rings is 1. The van der Waals surface area contributed by atoms with E-state index >= 15 is 0 Å². The van der Waals surface area contributed by atoms with Gasteiger partial charge in [-0.05, 0) is 22.4 Å². The van der Waals surface area contributed by atoms with Crippen molar-refractivity contribution in [3.63, 3.8) is 0 Å². The molecule has 0 aromatic heterocycles. The van der Waals surface area contributed by atoms with E-state index in [0.29, 0.717) is 0 Å². The number of hydrogen-bond acceptors (Lipinski definition) is 4. The zero-order chi connectivity index (χ0) is 13.4. The topological polar surface area (TPSA) is 89.8 Å². The summed E-state index contributed by atoms with van der Waals surface area (Å²) in [5.74, 6) is -3.24. The van der Waals surface area contributed by atoms with Crippen LogP contribution in [0.4, 0.5) is 4.39 Å². The van der Waals surface area contributed by atoms with E-state index in [9.17, 15) is 19.4 Å². The number of rotatable bonds is 2. The van der Waals surface area contributed by atoms with Gasteiger partial charge in [0, 0.05) is 24.2 Å². The van der Waals surface area contributed by atoms with Gasteiger partial charge in [-0.25, -0.2) is 4.39 Å². The minimum atomic E-state index is -0.943. The van der Waals surface area contributed by atoms with Crippen LogP contribution in [0.25, 0.3) is 0 Å². The van der Waals surface area contributed by atoms with Crippen LogP contribution in [0.15, 0.2) is 10.5 Å². The summed E-state index contributed by atoms with van der Waals surface area (Å²) < 4.78 is 13.5. The quantitative estimate of drug-likeness (QED) is 0.623. The van der Waals surface area contributed by atoms with Crippen LogP contribution >= 0.6 is 15.9 Å². The molecule has 2 rings (SSSR count). The SMILES string of the molecule is O=C(O)C1CNC(c2c(O)c(O)cc(F)c2Br)C1. The molecule has 1 fully saturated rings. The molecule has 1 aromatic rings. The number of phenolic OH excluding ortho intramolecular Hbond substituents is 2. The standard InChI is InChI=1S/C11H11BrFNO4/c12-9-5(13)2-7(15)10(16)8(9)6-1-4(3-14-6)11(17)18/h2,4,6,14-16H,1,3H2,(H,17,18). The van der Waals surface area contributed by atoms with Crippen molar-refractivity contribution in [2.24, 2.45) is 5.92 Å². The summed E-state index contributed by atoms with van der Waals surface area (Å²) >= 11 is 3.00. The van der Waals surface area contributed by atoms with E-state index < -0.39 is 35.2 Å². The average Bonchev–Trinajstić information content (AvgIpc) is 2.76. The highest BCUT2D eigenvalue weighted by atomic mass is 79.9. The number of phenols is 2. The van der Waals surface area contributed by atoms with Crippen LogP contribution in [0.5, 0.6) is 11.5 Å². The summed E-state index contributed by atoms with van der Waals surface area (Å²) in [7, 11) is 0. The lowest BCUT2D eigenvalue weighted by Gasteiger charge is -2.16. The Hall–Kier alpha value is -1.34. The molecule has 1 aliphatic rings. The Balaban J connectivity index is 2.38. The fourth-order valence-corrected chi connectivity index (χ4v) is 2.66. The van der Waals surface area contributed by atoms with E-state index in [1.54, 1.807) is 0 Å². The molecule has 0 amide bonds. The van der Waals surface area contributed by atoms with Gasteiger partial charge in [0.15, 0.2) is 11.5 Å². The van der Waals surface area contributed by atoms with Gasteiger partial charge < -0.3 is 20.6 Å². The molecule has 2 atom stereocenters. The van der Waals surface area contributed by atoms with Crippen molar-refractivity contribution in [3.8, 4) is 11.5 Å². The Bertz CT molecular complexity index is 482. The lowest BCUT2D eigenvalue weighted by molar-refractivity contribution is -0.141. The van der Waals surface area contributed by atoms with Gasteiger partial charge in [0.25, 0.3) is 0 Å². The number of aromatic hydroxyl groups is 2. The minimum absolute atomic E-state index is 0.0290. The Morgan fingerprint density at radius 3 is 2.72 bits per heavy atom. The molecule has 7 heteroatoms. The third-order valence-corrected chi connectivity index (χ3v) is 3.84. The number of hydrogen-bond donors (Lipinski definition) is 4. The van der Waals surface area contributed by atoms with E-state index in [1.807, 2.05) is 0 Å². The van der Waals surface area contributed by atoms with Crippen molar-refractivity contribution >= 4 is 21.9 Å². The van der Waals surface area contributed by atoms with Crippen molar-refractivity contribution in [2.45, 2.75) is 12.5 Å². The summed E-state index contributed by atoms with van der Waals surface area (Å²) in [4.78, 5) is 10.8. The third-order valence-electron chi connectivity index (χ3n) is 3.04. The van der Waals surface area contributed by atoms with Crippen LogP contribution in [0.1, 0.15) is 18.0 Å². The van der Waals surface area contributed by atoms with E-state index in [0.717, 1.165) is 6.07 Å². The summed E-state index contributed by atoms with van der Waals surface area (Å²) in [6, 6.07) is 0.286.